The molecule has 32 heavy (non-hydrogen) atoms. The third-order valence-electron chi connectivity index (χ3n) is 4.93. The number of nitrogens with zero attached hydrogens (tertiary/aromatic N) is 4. The molecule has 0 spiro atoms. The molecule has 0 saturated heterocycles. The monoisotopic (exact) mass is 484 g/mol. The molecule has 3 heterocycles. The summed E-state index contributed by atoms with van der Waals surface area (Å²) in [7, 11) is 0. The Hall–Kier alpha value is -2.59. The highest BCUT2D eigenvalue weighted by molar-refractivity contribution is 7.13. The second kappa shape index (κ2) is 9.50. The van der Waals surface area contributed by atoms with Crippen LogP contribution in [0.15, 0.2) is 24.7 Å². The van der Waals surface area contributed by atoms with Crippen LogP contribution in [0.2, 0.25) is 5.02 Å². The highest BCUT2D eigenvalue weighted by Gasteiger charge is 2.34. The first-order valence-corrected chi connectivity index (χ1v) is 11.0. The summed E-state index contributed by atoms with van der Waals surface area (Å²) in [5.74, 6) is 0.0400. The molecule has 11 heteroatoms. The van der Waals surface area contributed by atoms with Gasteiger partial charge in [0.25, 0.3) is 0 Å². The number of hydrogen-bond acceptors (Lipinski definition) is 6. The fourth-order valence-corrected chi connectivity index (χ4v) is 4.37. The molecule has 0 amide bonds. The van der Waals surface area contributed by atoms with Gasteiger partial charge in [-0.2, -0.15) is 13.2 Å². The molecular weight excluding hydrogens is 465 g/mol. The summed E-state index contributed by atoms with van der Waals surface area (Å²) in [4.78, 5) is 37.8. The lowest BCUT2D eigenvalue weighted by Crippen LogP contribution is -2.11. The highest BCUT2D eigenvalue weighted by Crippen LogP contribution is 2.35. The van der Waals surface area contributed by atoms with Gasteiger partial charge < -0.3 is 4.57 Å². The van der Waals surface area contributed by atoms with Gasteiger partial charge in [-0.3, -0.25) is 14.6 Å². The summed E-state index contributed by atoms with van der Waals surface area (Å²) < 4.78 is 40.9. The molecule has 0 radical (unpaired) electrons. The zero-order chi connectivity index (χ0) is 23.6. The second-order valence-electron chi connectivity index (χ2n) is 7.28. The zero-order valence-electron chi connectivity index (χ0n) is 17.5. The summed E-state index contributed by atoms with van der Waals surface area (Å²) in [6.07, 6.45) is -0.932. The van der Waals surface area contributed by atoms with Crippen molar-refractivity contribution in [2.75, 3.05) is 0 Å². The number of aromatic nitrogens is 4. The van der Waals surface area contributed by atoms with E-state index in [4.69, 9.17) is 11.6 Å². The van der Waals surface area contributed by atoms with Gasteiger partial charge in [0.2, 0.25) is 0 Å². The average Bonchev–Trinajstić information content (AvgIpc) is 3.35. The number of aryl methyl sites for hydroxylation is 1. The molecule has 0 aliphatic heterocycles. The number of hydrogen-bond donors (Lipinski definition) is 0. The van der Waals surface area contributed by atoms with Crippen LogP contribution in [0.25, 0.3) is 0 Å². The molecule has 0 aliphatic rings. The molecule has 0 saturated carbocycles. The highest BCUT2D eigenvalue weighted by atomic mass is 35.5. The molecule has 170 valence electrons. The topological polar surface area (TPSA) is 77.7 Å². The lowest BCUT2D eigenvalue weighted by atomic mass is 10.0. The van der Waals surface area contributed by atoms with Gasteiger partial charge in [0.05, 0.1) is 33.1 Å². The third kappa shape index (κ3) is 5.24. The van der Waals surface area contributed by atoms with E-state index >= 15 is 0 Å². The number of alkyl halides is 3. The summed E-state index contributed by atoms with van der Waals surface area (Å²) >= 11 is 6.69. The van der Waals surface area contributed by atoms with Gasteiger partial charge in [-0.25, -0.2) is 9.97 Å². The molecule has 0 N–H and O–H groups in total. The van der Waals surface area contributed by atoms with Crippen molar-refractivity contribution in [3.8, 4) is 0 Å². The Bertz CT molecular complexity index is 1160. The first-order valence-electron chi connectivity index (χ1n) is 9.77. The van der Waals surface area contributed by atoms with Crippen molar-refractivity contribution < 1.29 is 22.8 Å². The van der Waals surface area contributed by atoms with Gasteiger partial charge in [-0.1, -0.05) is 18.5 Å². The number of imidazole rings is 1. The van der Waals surface area contributed by atoms with E-state index in [1.807, 2.05) is 25.3 Å². The van der Waals surface area contributed by atoms with Crippen molar-refractivity contribution in [3.05, 3.63) is 62.3 Å². The summed E-state index contributed by atoms with van der Waals surface area (Å²) in [5.41, 5.74) is -0.539. The molecule has 3 rings (SSSR count). The van der Waals surface area contributed by atoms with Crippen LogP contribution in [0.3, 0.4) is 0 Å². The van der Waals surface area contributed by atoms with Crippen LogP contribution >= 0.6 is 22.9 Å². The van der Waals surface area contributed by atoms with Gasteiger partial charge in [0.15, 0.2) is 11.6 Å². The lowest BCUT2D eigenvalue weighted by Gasteiger charge is -2.10. The number of Topliss-reactive ketones (excluding diaryl/α,β-unsaturated/α-hetero) is 2. The van der Waals surface area contributed by atoms with Crippen LogP contribution in [0.4, 0.5) is 13.2 Å². The first kappa shape index (κ1) is 24.1. The SMILES string of the molecule is CCn1c(C(=O)C[C@H](C)c2ncc(C(=O)Cc3cc(C(F)(F)F)c(Cl)cn3)s2)cnc1C. The Balaban J connectivity index is 1.70. The van der Waals surface area contributed by atoms with E-state index in [0.717, 1.165) is 29.4 Å². The normalized spacial score (nSPS) is 12.7. The minimum atomic E-state index is -4.64. The van der Waals surface area contributed by atoms with Crippen LogP contribution in [0.5, 0.6) is 0 Å². The van der Waals surface area contributed by atoms with Crippen molar-refractivity contribution in [1.29, 1.82) is 0 Å². The van der Waals surface area contributed by atoms with Gasteiger partial charge in [0, 0.05) is 37.0 Å². The van der Waals surface area contributed by atoms with Crippen LogP contribution < -0.4 is 0 Å². The van der Waals surface area contributed by atoms with Gasteiger partial charge in [0.1, 0.15) is 11.5 Å². The maximum Gasteiger partial charge on any atom is 0.417 e. The number of halogens is 4. The maximum atomic E-state index is 13.0. The zero-order valence-corrected chi connectivity index (χ0v) is 19.1. The predicted octanol–water partition coefficient (Wildman–Crippen LogP) is 5.54. The molecule has 0 bridgehead atoms. The van der Waals surface area contributed by atoms with Crippen molar-refractivity contribution in [2.45, 2.75) is 52.3 Å². The second-order valence-corrected chi connectivity index (χ2v) is 8.75. The van der Waals surface area contributed by atoms with Crippen molar-refractivity contribution in [2.24, 2.45) is 0 Å². The van der Waals surface area contributed by atoms with E-state index in [2.05, 4.69) is 15.0 Å². The standard InChI is InChI=1S/C21H20ClF3N4O2S/c1-4-29-12(3)26-9-16(29)17(30)5-11(2)20-28-10-19(32-20)18(31)7-13-6-14(21(23,24)25)15(22)8-27-13/h6,8-11H,4-5,7H2,1-3H3/t11-/m0/s1. The van der Waals surface area contributed by atoms with E-state index < -0.39 is 22.5 Å². The first-order chi connectivity index (χ1) is 15.0. The van der Waals surface area contributed by atoms with Crippen molar-refractivity contribution in [3.63, 3.8) is 0 Å². The van der Waals surface area contributed by atoms with Crippen LogP contribution in [-0.4, -0.2) is 31.1 Å². The van der Waals surface area contributed by atoms with E-state index in [9.17, 15) is 22.8 Å². The largest absolute Gasteiger partial charge is 0.417 e. The Labute approximate surface area is 191 Å². The number of thiazole rings is 1. The minimum Gasteiger partial charge on any atom is -0.326 e. The number of rotatable bonds is 8. The van der Waals surface area contributed by atoms with E-state index in [1.165, 1.54) is 6.20 Å². The number of pyridine rings is 1. The smallest absolute Gasteiger partial charge is 0.326 e. The van der Waals surface area contributed by atoms with E-state index in [1.54, 1.807) is 6.20 Å². The van der Waals surface area contributed by atoms with Crippen LogP contribution in [-0.2, 0) is 19.1 Å². The molecule has 0 unspecified atom stereocenters. The molecule has 1 atom stereocenters. The molecule has 0 aromatic carbocycles. The Kier molecular flexibility index (Phi) is 7.14. The number of ketones is 2. The summed E-state index contributed by atoms with van der Waals surface area (Å²) in [6, 6.07) is 0.780. The number of carbonyl (C=O) groups excluding carboxylic acids is 2. The fourth-order valence-electron chi connectivity index (χ4n) is 3.25. The van der Waals surface area contributed by atoms with E-state index in [-0.39, 0.29) is 30.2 Å². The molecule has 0 aliphatic carbocycles. The Morgan fingerprint density at radius 3 is 2.53 bits per heavy atom. The maximum absolute atomic E-state index is 13.0. The fraction of sp³-hybridized carbons (Fsp3) is 0.381. The minimum absolute atomic E-state index is 0.0342. The predicted molar refractivity (Wildman–Crippen MR) is 114 cm³/mol. The number of carbonyl (C=O) groups is 2. The Morgan fingerprint density at radius 1 is 1.16 bits per heavy atom. The average molecular weight is 485 g/mol. The van der Waals surface area contributed by atoms with Crippen molar-refractivity contribution in [1.82, 2.24) is 19.5 Å². The third-order valence-corrected chi connectivity index (χ3v) is 6.50. The quantitative estimate of drug-likeness (QED) is 0.392. The molecule has 6 nitrogen and oxygen atoms in total. The lowest BCUT2D eigenvalue weighted by molar-refractivity contribution is -0.137. The molecule has 3 aromatic rings. The van der Waals surface area contributed by atoms with Crippen LogP contribution in [0.1, 0.15) is 68.4 Å². The van der Waals surface area contributed by atoms with Gasteiger partial charge >= 0.3 is 6.18 Å². The van der Waals surface area contributed by atoms with Gasteiger partial charge in [-0.15, -0.1) is 11.3 Å². The molecule has 0 fully saturated rings. The summed E-state index contributed by atoms with van der Waals surface area (Å²) in [5, 5.41) is 0.0768. The van der Waals surface area contributed by atoms with E-state index in [0.29, 0.717) is 22.1 Å². The Morgan fingerprint density at radius 2 is 1.88 bits per heavy atom. The molecular formula is C21H20ClF3N4O2S. The molecule has 3 aromatic heterocycles. The van der Waals surface area contributed by atoms with Crippen LogP contribution in [0, 0.1) is 6.92 Å². The summed E-state index contributed by atoms with van der Waals surface area (Å²) in [6.45, 7) is 6.23. The van der Waals surface area contributed by atoms with Crippen molar-refractivity contribution >= 4 is 34.5 Å². The van der Waals surface area contributed by atoms with Gasteiger partial charge in [-0.05, 0) is 19.9 Å².